The molecule has 2 aromatic rings. The predicted molar refractivity (Wildman–Crippen MR) is 83.1 cm³/mol. The maximum atomic E-state index is 5.17. The normalized spacial score (nSPS) is 12.1. The van der Waals surface area contributed by atoms with Gasteiger partial charge in [0.15, 0.2) is 0 Å². The first-order valence-corrected chi connectivity index (χ1v) is 7.50. The molecule has 0 aliphatic carbocycles. The van der Waals surface area contributed by atoms with Crippen molar-refractivity contribution in [2.24, 2.45) is 0 Å². The van der Waals surface area contributed by atoms with E-state index in [1.54, 1.807) is 7.11 Å². The van der Waals surface area contributed by atoms with Crippen LogP contribution in [0, 0.1) is 0 Å². The Labute approximate surface area is 120 Å². The molecule has 0 spiro atoms. The lowest BCUT2D eigenvalue weighted by Gasteiger charge is -2.11. The fourth-order valence-electron chi connectivity index (χ4n) is 1.95. The molecule has 1 atom stereocenters. The first-order valence-electron chi connectivity index (χ1n) is 6.62. The molecule has 0 saturated carbocycles. The third-order valence-corrected chi connectivity index (χ3v) is 4.26. The summed E-state index contributed by atoms with van der Waals surface area (Å²) in [4.78, 5) is 1.35. The summed E-state index contributed by atoms with van der Waals surface area (Å²) < 4.78 is 5.17. The maximum Gasteiger partial charge on any atom is 0.118 e. The molecule has 0 fully saturated rings. The molecule has 100 valence electrons. The van der Waals surface area contributed by atoms with Crippen LogP contribution in [0.3, 0.4) is 0 Å². The molecule has 19 heavy (non-hydrogen) atoms. The largest absolute Gasteiger partial charge is 0.497 e. The van der Waals surface area contributed by atoms with E-state index in [1.807, 2.05) is 23.9 Å². The van der Waals surface area contributed by atoms with Crippen LogP contribution < -0.4 is 4.74 Å². The number of methoxy groups -OCH3 is 1. The number of rotatable bonds is 6. The van der Waals surface area contributed by atoms with Gasteiger partial charge in [-0.15, -0.1) is 11.8 Å². The van der Waals surface area contributed by atoms with Gasteiger partial charge in [-0.25, -0.2) is 0 Å². The molecule has 2 rings (SSSR count). The molecule has 0 aliphatic heterocycles. The van der Waals surface area contributed by atoms with Crippen molar-refractivity contribution in [1.82, 2.24) is 0 Å². The van der Waals surface area contributed by atoms with Gasteiger partial charge in [0, 0.05) is 10.1 Å². The van der Waals surface area contributed by atoms with Crippen molar-refractivity contribution >= 4 is 11.8 Å². The quantitative estimate of drug-likeness (QED) is 0.698. The number of hydrogen-bond acceptors (Lipinski definition) is 2. The molecular formula is C17H20OS. The van der Waals surface area contributed by atoms with Crippen molar-refractivity contribution < 1.29 is 4.74 Å². The molecule has 0 radical (unpaired) electrons. The number of thioether (sulfide) groups is 1. The lowest BCUT2D eigenvalue weighted by molar-refractivity contribution is 0.414. The Morgan fingerprint density at radius 3 is 2.32 bits per heavy atom. The first-order chi connectivity index (χ1) is 9.28. The highest BCUT2D eigenvalue weighted by molar-refractivity contribution is 7.99. The number of hydrogen-bond donors (Lipinski definition) is 0. The minimum absolute atomic E-state index is 0.629. The zero-order chi connectivity index (χ0) is 13.5. The van der Waals surface area contributed by atoms with Gasteiger partial charge in [0.2, 0.25) is 0 Å². The molecule has 0 aliphatic rings. The summed E-state index contributed by atoms with van der Waals surface area (Å²) in [6.45, 7) is 2.29. The van der Waals surface area contributed by atoms with Crippen LogP contribution >= 0.6 is 11.8 Å². The van der Waals surface area contributed by atoms with Crippen LogP contribution in [0.15, 0.2) is 59.5 Å². The minimum atomic E-state index is 0.629. The summed E-state index contributed by atoms with van der Waals surface area (Å²) in [6.07, 6.45) is 2.30. The van der Waals surface area contributed by atoms with Crippen molar-refractivity contribution in [3.05, 3.63) is 60.2 Å². The summed E-state index contributed by atoms with van der Waals surface area (Å²) in [6, 6.07) is 19.0. The van der Waals surface area contributed by atoms with E-state index in [2.05, 4.69) is 49.4 Å². The van der Waals surface area contributed by atoms with Crippen molar-refractivity contribution in [2.75, 3.05) is 7.11 Å². The predicted octanol–water partition coefficient (Wildman–Crippen LogP) is 4.81. The van der Waals surface area contributed by atoms with Gasteiger partial charge in [-0.3, -0.25) is 0 Å². The molecule has 0 saturated heterocycles. The van der Waals surface area contributed by atoms with Crippen LogP contribution in [0.2, 0.25) is 0 Å². The molecule has 0 bridgehead atoms. The lowest BCUT2D eigenvalue weighted by atomic mass is 10.1. The van der Waals surface area contributed by atoms with Gasteiger partial charge in [0.25, 0.3) is 0 Å². The zero-order valence-electron chi connectivity index (χ0n) is 11.5. The molecule has 0 heterocycles. The van der Waals surface area contributed by atoms with E-state index in [-0.39, 0.29) is 0 Å². The van der Waals surface area contributed by atoms with Gasteiger partial charge < -0.3 is 4.74 Å². The molecule has 0 aromatic heterocycles. The Hall–Kier alpha value is -1.41. The van der Waals surface area contributed by atoms with E-state index in [4.69, 9.17) is 4.74 Å². The molecule has 2 heteroatoms. The van der Waals surface area contributed by atoms with Crippen LogP contribution in [0.5, 0.6) is 5.75 Å². The fraction of sp³-hybridized carbons (Fsp3) is 0.294. The summed E-state index contributed by atoms with van der Waals surface area (Å²) >= 11 is 1.95. The standard InChI is InChI=1S/C17H20OS/c1-14(19-17-6-4-3-5-7-17)8-9-15-10-12-16(18-2)13-11-15/h3-7,10-14H,8-9H2,1-2H3. The number of aryl methyl sites for hydroxylation is 1. The highest BCUT2D eigenvalue weighted by Crippen LogP contribution is 2.26. The molecule has 1 unspecified atom stereocenters. The van der Waals surface area contributed by atoms with Crippen LogP contribution in [0.4, 0.5) is 0 Å². The third kappa shape index (κ3) is 4.64. The first kappa shape index (κ1) is 14.0. The SMILES string of the molecule is COc1ccc(CCC(C)Sc2ccccc2)cc1. The van der Waals surface area contributed by atoms with Crippen molar-refractivity contribution in [3.63, 3.8) is 0 Å². The van der Waals surface area contributed by atoms with E-state index in [9.17, 15) is 0 Å². The highest BCUT2D eigenvalue weighted by Gasteiger charge is 2.05. The van der Waals surface area contributed by atoms with E-state index in [0.717, 1.165) is 12.2 Å². The Morgan fingerprint density at radius 1 is 1.00 bits per heavy atom. The van der Waals surface area contributed by atoms with Crippen LogP contribution in [0.25, 0.3) is 0 Å². The van der Waals surface area contributed by atoms with Gasteiger partial charge in [-0.2, -0.15) is 0 Å². The lowest BCUT2D eigenvalue weighted by Crippen LogP contribution is -1.98. The minimum Gasteiger partial charge on any atom is -0.497 e. The van der Waals surface area contributed by atoms with E-state index < -0.39 is 0 Å². The summed E-state index contributed by atoms with van der Waals surface area (Å²) in [5.41, 5.74) is 1.38. The Kier molecular flexibility index (Phi) is 5.34. The summed E-state index contributed by atoms with van der Waals surface area (Å²) in [7, 11) is 1.70. The second kappa shape index (κ2) is 7.25. The van der Waals surface area contributed by atoms with Crippen LogP contribution in [-0.4, -0.2) is 12.4 Å². The van der Waals surface area contributed by atoms with Crippen molar-refractivity contribution in [1.29, 1.82) is 0 Å². The maximum absolute atomic E-state index is 5.17. The van der Waals surface area contributed by atoms with Gasteiger partial charge >= 0.3 is 0 Å². The van der Waals surface area contributed by atoms with E-state index in [0.29, 0.717) is 5.25 Å². The zero-order valence-corrected chi connectivity index (χ0v) is 12.3. The Morgan fingerprint density at radius 2 is 1.68 bits per heavy atom. The molecule has 1 nitrogen and oxygen atoms in total. The number of benzene rings is 2. The van der Waals surface area contributed by atoms with Crippen molar-refractivity contribution in [3.8, 4) is 5.75 Å². The van der Waals surface area contributed by atoms with Gasteiger partial charge in [-0.1, -0.05) is 37.3 Å². The molecule has 0 amide bonds. The second-order valence-electron chi connectivity index (χ2n) is 4.63. The van der Waals surface area contributed by atoms with Crippen LogP contribution in [0.1, 0.15) is 18.9 Å². The van der Waals surface area contributed by atoms with Gasteiger partial charge in [0.1, 0.15) is 5.75 Å². The molecule has 0 N–H and O–H groups in total. The van der Waals surface area contributed by atoms with Gasteiger partial charge in [-0.05, 0) is 42.7 Å². The van der Waals surface area contributed by atoms with E-state index in [1.165, 1.54) is 16.9 Å². The van der Waals surface area contributed by atoms with Crippen molar-refractivity contribution in [2.45, 2.75) is 29.9 Å². The number of ether oxygens (including phenoxy) is 1. The smallest absolute Gasteiger partial charge is 0.118 e. The summed E-state index contributed by atoms with van der Waals surface area (Å²) in [5, 5.41) is 0.629. The molecular weight excluding hydrogens is 252 g/mol. The average Bonchev–Trinajstić information content (AvgIpc) is 2.47. The van der Waals surface area contributed by atoms with Crippen LogP contribution in [-0.2, 0) is 6.42 Å². The topological polar surface area (TPSA) is 9.23 Å². The van der Waals surface area contributed by atoms with E-state index >= 15 is 0 Å². The fourth-order valence-corrected chi connectivity index (χ4v) is 2.97. The Balaban J connectivity index is 1.81. The molecule has 2 aromatic carbocycles. The Bertz CT molecular complexity index is 478. The summed E-state index contributed by atoms with van der Waals surface area (Å²) in [5.74, 6) is 0.926. The second-order valence-corrected chi connectivity index (χ2v) is 6.14. The highest BCUT2D eigenvalue weighted by atomic mass is 32.2. The monoisotopic (exact) mass is 272 g/mol. The van der Waals surface area contributed by atoms with Gasteiger partial charge in [0.05, 0.1) is 7.11 Å². The third-order valence-electron chi connectivity index (χ3n) is 3.08. The average molecular weight is 272 g/mol.